The van der Waals surface area contributed by atoms with Crippen molar-refractivity contribution in [1.82, 2.24) is 9.88 Å². The lowest BCUT2D eigenvalue weighted by atomic mass is 10.2. The Hall–Kier alpha value is -1.75. The summed E-state index contributed by atoms with van der Waals surface area (Å²) in [7, 11) is 1.81. The Balaban J connectivity index is 1.87. The highest BCUT2D eigenvalue weighted by molar-refractivity contribution is 7.07. The summed E-state index contributed by atoms with van der Waals surface area (Å²) in [5, 5.41) is 7.01. The number of aromatic nitrogens is 1. The first-order chi connectivity index (χ1) is 8.16. The number of carbonyl (C=O) groups excluding carboxylic acids is 1. The van der Waals surface area contributed by atoms with E-state index in [1.54, 1.807) is 28.2 Å². The van der Waals surface area contributed by atoms with E-state index in [1.807, 2.05) is 12.4 Å². The summed E-state index contributed by atoms with van der Waals surface area (Å²) in [4.78, 5) is 11.8. The zero-order valence-corrected chi connectivity index (χ0v) is 10.5. The quantitative estimate of drug-likeness (QED) is 0.865. The second-order valence-corrected chi connectivity index (χ2v) is 4.69. The van der Waals surface area contributed by atoms with E-state index in [4.69, 9.17) is 5.73 Å². The molecule has 0 aliphatic heterocycles. The number of hydrogen-bond acceptors (Lipinski definition) is 3. The minimum atomic E-state index is -0.0839. The van der Waals surface area contributed by atoms with Crippen molar-refractivity contribution in [3.8, 4) is 0 Å². The molecular formula is C12H15N3OS. The first-order valence-electron chi connectivity index (χ1n) is 5.38. The van der Waals surface area contributed by atoms with Gasteiger partial charge in [-0.1, -0.05) is 0 Å². The first kappa shape index (κ1) is 11.7. The molecule has 90 valence electrons. The van der Waals surface area contributed by atoms with Gasteiger partial charge in [-0.3, -0.25) is 4.79 Å². The number of rotatable bonds is 4. The highest BCUT2D eigenvalue weighted by Gasteiger charge is 2.09. The van der Waals surface area contributed by atoms with E-state index in [0.29, 0.717) is 17.9 Å². The van der Waals surface area contributed by atoms with Crippen molar-refractivity contribution in [2.24, 2.45) is 7.05 Å². The highest BCUT2D eigenvalue weighted by atomic mass is 32.1. The van der Waals surface area contributed by atoms with Gasteiger partial charge in [-0.2, -0.15) is 11.3 Å². The molecule has 4 nitrogen and oxygen atoms in total. The van der Waals surface area contributed by atoms with Crippen molar-refractivity contribution in [3.05, 3.63) is 40.3 Å². The molecule has 0 fully saturated rings. The molecule has 0 saturated heterocycles. The van der Waals surface area contributed by atoms with E-state index in [-0.39, 0.29) is 5.91 Å². The fraction of sp³-hybridized carbons (Fsp3) is 0.250. The maximum absolute atomic E-state index is 11.8. The van der Waals surface area contributed by atoms with Crippen LogP contribution in [0, 0.1) is 0 Å². The minimum Gasteiger partial charge on any atom is -0.397 e. The Morgan fingerprint density at radius 3 is 3.00 bits per heavy atom. The predicted octanol–water partition coefficient (Wildman–Crippen LogP) is 1.64. The van der Waals surface area contributed by atoms with Crippen molar-refractivity contribution < 1.29 is 4.79 Å². The monoisotopic (exact) mass is 249 g/mol. The number of anilines is 1. The molecule has 0 saturated carbocycles. The summed E-state index contributed by atoms with van der Waals surface area (Å²) in [6.07, 6.45) is 2.59. The van der Waals surface area contributed by atoms with Crippen LogP contribution in [-0.4, -0.2) is 17.0 Å². The van der Waals surface area contributed by atoms with E-state index in [1.165, 1.54) is 5.56 Å². The maximum atomic E-state index is 11.8. The van der Waals surface area contributed by atoms with E-state index < -0.39 is 0 Å². The van der Waals surface area contributed by atoms with Gasteiger partial charge < -0.3 is 15.6 Å². The zero-order valence-electron chi connectivity index (χ0n) is 9.64. The molecule has 0 bridgehead atoms. The molecule has 1 amide bonds. The molecule has 2 aromatic heterocycles. The number of carbonyl (C=O) groups is 1. The molecule has 0 aliphatic rings. The highest BCUT2D eigenvalue weighted by Crippen LogP contribution is 2.09. The number of nitrogens with two attached hydrogens (primary N) is 1. The van der Waals surface area contributed by atoms with Gasteiger partial charge in [0.1, 0.15) is 5.69 Å². The number of nitrogens with one attached hydrogen (secondary N) is 1. The van der Waals surface area contributed by atoms with Gasteiger partial charge in [0.2, 0.25) is 0 Å². The smallest absolute Gasteiger partial charge is 0.267 e. The number of amides is 1. The number of nitrogen functional groups attached to an aromatic ring is 1. The van der Waals surface area contributed by atoms with E-state index in [2.05, 4.69) is 16.8 Å². The summed E-state index contributed by atoms with van der Waals surface area (Å²) in [5.74, 6) is -0.0839. The lowest BCUT2D eigenvalue weighted by Crippen LogP contribution is -2.27. The lowest BCUT2D eigenvalue weighted by molar-refractivity contribution is 0.0946. The molecule has 0 atom stereocenters. The topological polar surface area (TPSA) is 60.0 Å². The molecule has 0 radical (unpaired) electrons. The number of aryl methyl sites for hydroxylation is 1. The third kappa shape index (κ3) is 2.88. The normalized spacial score (nSPS) is 10.4. The van der Waals surface area contributed by atoms with Gasteiger partial charge in [0.05, 0.1) is 5.69 Å². The fourth-order valence-electron chi connectivity index (χ4n) is 1.66. The molecule has 2 rings (SSSR count). The molecule has 5 heteroatoms. The van der Waals surface area contributed by atoms with Crippen molar-refractivity contribution in [1.29, 1.82) is 0 Å². The Labute approximate surface area is 104 Å². The number of hydrogen-bond donors (Lipinski definition) is 2. The average Bonchev–Trinajstić information content (AvgIpc) is 2.88. The molecule has 2 heterocycles. The van der Waals surface area contributed by atoms with Crippen molar-refractivity contribution in [2.75, 3.05) is 12.3 Å². The van der Waals surface area contributed by atoms with Crippen molar-refractivity contribution >= 4 is 22.9 Å². The summed E-state index contributed by atoms with van der Waals surface area (Å²) in [5.41, 5.74) is 8.07. The van der Waals surface area contributed by atoms with Crippen LogP contribution >= 0.6 is 11.3 Å². The Kier molecular flexibility index (Phi) is 3.49. The van der Waals surface area contributed by atoms with E-state index in [0.717, 1.165) is 6.42 Å². The molecule has 0 spiro atoms. The van der Waals surface area contributed by atoms with Crippen LogP contribution in [0.15, 0.2) is 29.1 Å². The summed E-state index contributed by atoms with van der Waals surface area (Å²) >= 11 is 1.67. The van der Waals surface area contributed by atoms with Gasteiger partial charge in [0, 0.05) is 19.8 Å². The van der Waals surface area contributed by atoms with E-state index >= 15 is 0 Å². The standard InChI is InChI=1S/C12H15N3OS/c1-15-7-10(13)6-11(15)12(16)14-4-2-9-3-5-17-8-9/h3,5-8H,2,4,13H2,1H3,(H,14,16). The molecule has 0 aromatic carbocycles. The lowest BCUT2D eigenvalue weighted by Gasteiger charge is -2.04. The van der Waals surface area contributed by atoms with Gasteiger partial charge in [0.15, 0.2) is 0 Å². The van der Waals surface area contributed by atoms with Gasteiger partial charge >= 0.3 is 0 Å². The van der Waals surface area contributed by atoms with Crippen molar-refractivity contribution in [3.63, 3.8) is 0 Å². The summed E-state index contributed by atoms with van der Waals surface area (Å²) in [6.45, 7) is 0.640. The third-order valence-electron chi connectivity index (χ3n) is 2.54. The first-order valence-corrected chi connectivity index (χ1v) is 6.32. The van der Waals surface area contributed by atoms with Crippen molar-refractivity contribution in [2.45, 2.75) is 6.42 Å². The second-order valence-electron chi connectivity index (χ2n) is 3.91. The third-order valence-corrected chi connectivity index (χ3v) is 3.27. The summed E-state index contributed by atoms with van der Waals surface area (Å²) in [6, 6.07) is 3.75. The molecule has 0 aliphatic carbocycles. The minimum absolute atomic E-state index is 0.0839. The Morgan fingerprint density at radius 1 is 1.59 bits per heavy atom. The van der Waals surface area contributed by atoms with Crippen LogP contribution in [0.1, 0.15) is 16.1 Å². The molecular weight excluding hydrogens is 234 g/mol. The fourth-order valence-corrected chi connectivity index (χ4v) is 2.36. The molecule has 17 heavy (non-hydrogen) atoms. The Bertz CT molecular complexity index is 502. The van der Waals surface area contributed by atoms with Crippen LogP contribution in [0.2, 0.25) is 0 Å². The second kappa shape index (κ2) is 5.05. The SMILES string of the molecule is Cn1cc(N)cc1C(=O)NCCc1ccsc1. The van der Waals surface area contributed by atoms with Crippen LogP contribution in [0.5, 0.6) is 0 Å². The zero-order chi connectivity index (χ0) is 12.3. The van der Waals surface area contributed by atoms with Crippen LogP contribution in [-0.2, 0) is 13.5 Å². The number of nitrogens with zero attached hydrogens (tertiary/aromatic N) is 1. The Morgan fingerprint density at radius 2 is 2.41 bits per heavy atom. The molecule has 0 unspecified atom stereocenters. The number of thiophene rings is 1. The predicted molar refractivity (Wildman–Crippen MR) is 70.2 cm³/mol. The van der Waals surface area contributed by atoms with Crippen LogP contribution in [0.4, 0.5) is 5.69 Å². The van der Waals surface area contributed by atoms with Gasteiger partial charge in [0.25, 0.3) is 5.91 Å². The van der Waals surface area contributed by atoms with Crippen LogP contribution in [0.25, 0.3) is 0 Å². The maximum Gasteiger partial charge on any atom is 0.267 e. The van der Waals surface area contributed by atoms with Crippen LogP contribution < -0.4 is 11.1 Å². The summed E-state index contributed by atoms with van der Waals surface area (Å²) < 4.78 is 1.73. The van der Waals surface area contributed by atoms with Gasteiger partial charge in [-0.15, -0.1) is 0 Å². The van der Waals surface area contributed by atoms with Crippen LogP contribution in [0.3, 0.4) is 0 Å². The molecule has 3 N–H and O–H groups in total. The van der Waals surface area contributed by atoms with Gasteiger partial charge in [-0.25, -0.2) is 0 Å². The largest absolute Gasteiger partial charge is 0.397 e. The van der Waals surface area contributed by atoms with E-state index in [9.17, 15) is 4.79 Å². The van der Waals surface area contributed by atoms with Gasteiger partial charge in [-0.05, 0) is 34.9 Å². The molecule has 2 aromatic rings. The average molecular weight is 249 g/mol.